The quantitative estimate of drug-likeness (QED) is 0.299. The number of likely N-dealkylation sites (N-methyl/N-ethyl adjacent to an activating group) is 1. The van der Waals surface area contributed by atoms with E-state index in [1.54, 1.807) is 13.2 Å². The molecule has 1 amide bonds. The number of hydrogen-bond acceptors (Lipinski definition) is 6. The average Bonchev–Trinajstić information content (AvgIpc) is 3.53. The summed E-state index contributed by atoms with van der Waals surface area (Å²) in [6.07, 6.45) is 3.50. The van der Waals surface area contributed by atoms with Crippen molar-refractivity contribution in [3.8, 4) is 17.1 Å². The Morgan fingerprint density at radius 1 is 1.17 bits per heavy atom. The zero-order valence-electron chi connectivity index (χ0n) is 19.4. The number of rotatable bonds is 8. The molecule has 9 heteroatoms. The van der Waals surface area contributed by atoms with Crippen LogP contribution in [-0.4, -0.2) is 53.1 Å². The number of anilines is 1. The highest BCUT2D eigenvalue weighted by Crippen LogP contribution is 2.35. The number of hydrogen-bond donors (Lipinski definition) is 4. The van der Waals surface area contributed by atoms with Crippen LogP contribution in [0.5, 0.6) is 5.75 Å². The molecule has 1 aliphatic heterocycles. The number of aromatic nitrogens is 3. The van der Waals surface area contributed by atoms with Gasteiger partial charge in [-0.1, -0.05) is 41.9 Å². The highest BCUT2D eigenvalue weighted by molar-refractivity contribution is 6.34. The van der Waals surface area contributed by atoms with Crippen molar-refractivity contribution in [2.45, 2.75) is 18.4 Å². The predicted octanol–water partition coefficient (Wildman–Crippen LogP) is 3.79. The first kappa shape index (κ1) is 23.1. The molecular formula is C26H27ClN6O2. The number of nitrogens with one attached hydrogen (secondary N) is 4. The molecule has 0 aliphatic carbocycles. The summed E-state index contributed by atoms with van der Waals surface area (Å²) in [7, 11) is 1.58. The van der Waals surface area contributed by atoms with E-state index in [0.29, 0.717) is 27.8 Å². The number of amides is 1. The number of carbonyl (C=O) groups excluding carboxylic acids is 1. The molecule has 1 aliphatic rings. The Morgan fingerprint density at radius 2 is 1.97 bits per heavy atom. The van der Waals surface area contributed by atoms with E-state index in [-0.39, 0.29) is 18.1 Å². The Kier molecular flexibility index (Phi) is 6.57. The van der Waals surface area contributed by atoms with Crippen molar-refractivity contribution in [1.82, 2.24) is 25.6 Å². The van der Waals surface area contributed by atoms with E-state index < -0.39 is 0 Å². The van der Waals surface area contributed by atoms with Gasteiger partial charge < -0.3 is 25.7 Å². The van der Waals surface area contributed by atoms with Gasteiger partial charge in [0.05, 0.1) is 22.4 Å². The van der Waals surface area contributed by atoms with Gasteiger partial charge in [0.1, 0.15) is 17.1 Å². The number of nitrogens with zero attached hydrogens (tertiary/aromatic N) is 2. The first-order valence-electron chi connectivity index (χ1n) is 11.6. The molecule has 0 saturated carbocycles. The van der Waals surface area contributed by atoms with Crippen LogP contribution < -0.4 is 20.7 Å². The molecule has 0 spiro atoms. The monoisotopic (exact) mass is 490 g/mol. The van der Waals surface area contributed by atoms with Crippen molar-refractivity contribution in [3.05, 3.63) is 71.4 Å². The summed E-state index contributed by atoms with van der Waals surface area (Å²) in [6, 6.07) is 17.9. The number of fused-ring (bicyclic) bond motifs is 1. The van der Waals surface area contributed by atoms with Crippen LogP contribution in [0.25, 0.3) is 22.6 Å². The van der Waals surface area contributed by atoms with Gasteiger partial charge in [0.2, 0.25) is 0 Å². The number of aromatic amines is 1. The molecule has 8 nitrogen and oxygen atoms in total. The Morgan fingerprint density at radius 3 is 2.69 bits per heavy atom. The SMILES string of the molecule is CNC(=O)COc1ccc(-c2nc3c(N[C@@]4(Cc5ccccc5)CCNC4)c(Cl)cnc3[nH]2)cc1. The van der Waals surface area contributed by atoms with Crippen molar-refractivity contribution in [2.75, 3.05) is 32.1 Å². The van der Waals surface area contributed by atoms with E-state index >= 15 is 0 Å². The standard InChI is InChI=1S/C26H27ClN6O2/c1-28-21(34)15-35-19-9-7-18(8-10-19)24-31-23-22(20(27)14-30-25(23)32-24)33-26(11-12-29-16-26)13-17-5-3-2-4-6-17/h2-10,14,29H,11-13,15-16H2,1H3,(H,28,34)(H2,30,31,32,33)/t26-/m1/s1. The van der Waals surface area contributed by atoms with Crippen LogP contribution in [0.15, 0.2) is 60.8 Å². The molecule has 5 rings (SSSR count). The molecule has 35 heavy (non-hydrogen) atoms. The lowest BCUT2D eigenvalue weighted by atomic mass is 9.89. The lowest BCUT2D eigenvalue weighted by molar-refractivity contribution is -0.122. The zero-order valence-corrected chi connectivity index (χ0v) is 20.2. The second-order valence-electron chi connectivity index (χ2n) is 8.74. The topological polar surface area (TPSA) is 104 Å². The largest absolute Gasteiger partial charge is 0.484 e. The molecule has 0 unspecified atom stereocenters. The van der Waals surface area contributed by atoms with E-state index in [1.807, 2.05) is 30.3 Å². The minimum Gasteiger partial charge on any atom is -0.484 e. The number of halogens is 1. The third-order valence-corrected chi connectivity index (χ3v) is 6.55. The summed E-state index contributed by atoms with van der Waals surface area (Å²) in [5, 5.41) is 10.3. The highest BCUT2D eigenvalue weighted by atomic mass is 35.5. The van der Waals surface area contributed by atoms with Crippen LogP contribution in [0.4, 0.5) is 5.69 Å². The van der Waals surface area contributed by atoms with Crippen LogP contribution in [0.1, 0.15) is 12.0 Å². The second kappa shape index (κ2) is 9.93. The van der Waals surface area contributed by atoms with Gasteiger partial charge in [-0.2, -0.15) is 0 Å². The van der Waals surface area contributed by atoms with E-state index in [1.165, 1.54) is 5.56 Å². The Balaban J connectivity index is 1.42. The van der Waals surface area contributed by atoms with Crippen molar-refractivity contribution >= 4 is 34.4 Å². The van der Waals surface area contributed by atoms with Crippen molar-refractivity contribution in [1.29, 1.82) is 0 Å². The van der Waals surface area contributed by atoms with Gasteiger partial charge in [0.15, 0.2) is 12.3 Å². The van der Waals surface area contributed by atoms with Crippen molar-refractivity contribution < 1.29 is 9.53 Å². The lowest BCUT2D eigenvalue weighted by Gasteiger charge is -2.31. The van der Waals surface area contributed by atoms with E-state index in [2.05, 4.69) is 50.2 Å². The lowest BCUT2D eigenvalue weighted by Crippen LogP contribution is -2.42. The normalized spacial score (nSPS) is 17.4. The van der Waals surface area contributed by atoms with Gasteiger partial charge in [-0.05, 0) is 49.2 Å². The Labute approximate surface area is 208 Å². The summed E-state index contributed by atoms with van der Waals surface area (Å²) in [5.41, 5.74) is 4.11. The van der Waals surface area contributed by atoms with Gasteiger partial charge >= 0.3 is 0 Å². The van der Waals surface area contributed by atoms with Crippen LogP contribution in [0, 0.1) is 0 Å². The van der Waals surface area contributed by atoms with Crippen LogP contribution in [-0.2, 0) is 11.2 Å². The molecule has 3 heterocycles. The summed E-state index contributed by atoms with van der Waals surface area (Å²) in [5.74, 6) is 1.10. The minimum atomic E-state index is -0.183. The molecule has 1 atom stereocenters. The third-order valence-electron chi connectivity index (χ3n) is 6.26. The van der Waals surface area contributed by atoms with Gasteiger partial charge in [0.25, 0.3) is 5.91 Å². The van der Waals surface area contributed by atoms with Gasteiger partial charge in [-0.3, -0.25) is 4.79 Å². The fourth-order valence-electron chi connectivity index (χ4n) is 4.41. The molecule has 180 valence electrons. The molecule has 0 bridgehead atoms. The smallest absolute Gasteiger partial charge is 0.257 e. The number of pyridine rings is 1. The second-order valence-corrected chi connectivity index (χ2v) is 9.15. The average molecular weight is 491 g/mol. The number of benzene rings is 2. The predicted molar refractivity (Wildman–Crippen MR) is 138 cm³/mol. The zero-order chi connectivity index (χ0) is 24.3. The fraction of sp³-hybridized carbons (Fsp3) is 0.269. The van der Waals surface area contributed by atoms with E-state index in [4.69, 9.17) is 21.3 Å². The maximum atomic E-state index is 11.4. The summed E-state index contributed by atoms with van der Waals surface area (Å²) in [4.78, 5) is 24.0. The maximum Gasteiger partial charge on any atom is 0.257 e. The van der Waals surface area contributed by atoms with Crippen LogP contribution >= 0.6 is 11.6 Å². The summed E-state index contributed by atoms with van der Waals surface area (Å²) < 4.78 is 5.49. The minimum absolute atomic E-state index is 0.0302. The molecule has 1 fully saturated rings. The fourth-order valence-corrected chi connectivity index (χ4v) is 4.60. The molecule has 2 aromatic carbocycles. The Bertz CT molecular complexity index is 1320. The van der Waals surface area contributed by atoms with E-state index in [9.17, 15) is 4.79 Å². The Hall–Kier alpha value is -3.62. The number of ether oxygens (including phenoxy) is 1. The molecule has 1 saturated heterocycles. The molecule has 4 aromatic rings. The molecule has 2 aromatic heterocycles. The molecule has 4 N–H and O–H groups in total. The van der Waals surface area contributed by atoms with Crippen molar-refractivity contribution in [2.24, 2.45) is 0 Å². The van der Waals surface area contributed by atoms with E-state index in [0.717, 1.165) is 37.2 Å². The van der Waals surface area contributed by atoms with Gasteiger partial charge in [-0.15, -0.1) is 0 Å². The number of carbonyl (C=O) groups is 1. The number of H-pyrrole nitrogens is 1. The third kappa shape index (κ3) is 5.08. The first-order valence-corrected chi connectivity index (χ1v) is 11.9. The molecule has 0 radical (unpaired) electrons. The van der Waals surface area contributed by atoms with Crippen LogP contribution in [0.2, 0.25) is 5.02 Å². The number of imidazole rings is 1. The highest BCUT2D eigenvalue weighted by Gasteiger charge is 2.35. The first-order chi connectivity index (χ1) is 17.0. The van der Waals surface area contributed by atoms with Crippen LogP contribution in [0.3, 0.4) is 0 Å². The van der Waals surface area contributed by atoms with Crippen molar-refractivity contribution in [3.63, 3.8) is 0 Å². The van der Waals surface area contributed by atoms with Gasteiger partial charge in [0, 0.05) is 19.2 Å². The summed E-state index contributed by atoms with van der Waals surface area (Å²) in [6.45, 7) is 1.74. The van der Waals surface area contributed by atoms with Gasteiger partial charge in [-0.25, -0.2) is 9.97 Å². The maximum absolute atomic E-state index is 11.4. The molecular weight excluding hydrogens is 464 g/mol. The summed E-state index contributed by atoms with van der Waals surface area (Å²) >= 11 is 6.65.